The fraction of sp³-hybridized carbons (Fsp3) is 0.280. The molecule has 3 heterocycles. The largest absolute Gasteiger partial charge is 0.353 e. The molecule has 0 unspecified atom stereocenters. The summed E-state index contributed by atoms with van der Waals surface area (Å²) in [7, 11) is 0. The minimum atomic E-state index is -0.0315. The van der Waals surface area contributed by atoms with Crippen LogP contribution in [0.2, 0.25) is 0 Å². The van der Waals surface area contributed by atoms with Gasteiger partial charge in [-0.1, -0.05) is 41.1 Å². The molecule has 7 heteroatoms. The highest BCUT2D eigenvalue weighted by molar-refractivity contribution is 9.10. The summed E-state index contributed by atoms with van der Waals surface area (Å²) in [5, 5.41) is 3.11. The maximum atomic E-state index is 13.0. The van der Waals surface area contributed by atoms with Gasteiger partial charge in [-0.15, -0.1) is 0 Å². The lowest BCUT2D eigenvalue weighted by atomic mass is 10.1. The predicted molar refractivity (Wildman–Crippen MR) is 134 cm³/mol. The Balaban J connectivity index is 1.38. The lowest BCUT2D eigenvalue weighted by Crippen LogP contribution is -2.38. The molecule has 2 amide bonds. The summed E-state index contributed by atoms with van der Waals surface area (Å²) >= 11 is 3.57. The average Bonchev–Trinajstić information content (AvgIpc) is 3.16. The first-order valence-corrected chi connectivity index (χ1v) is 11.9. The van der Waals surface area contributed by atoms with E-state index in [-0.39, 0.29) is 6.03 Å². The molecule has 164 valence electrons. The normalized spacial score (nSPS) is 14.7. The summed E-state index contributed by atoms with van der Waals surface area (Å²) in [5.41, 5.74) is 5.18. The number of fused-ring (bicyclic) bond motifs is 3. The molecule has 5 rings (SSSR count). The van der Waals surface area contributed by atoms with Gasteiger partial charge in [-0.2, -0.15) is 0 Å². The Kier molecular flexibility index (Phi) is 5.74. The van der Waals surface area contributed by atoms with Crippen LogP contribution < -0.4 is 10.2 Å². The topological polar surface area (TPSA) is 52.9 Å². The molecule has 32 heavy (non-hydrogen) atoms. The Bertz CT molecular complexity index is 1280. The van der Waals surface area contributed by atoms with Crippen molar-refractivity contribution in [1.29, 1.82) is 0 Å². The van der Waals surface area contributed by atoms with Crippen LogP contribution in [0.1, 0.15) is 18.9 Å². The van der Waals surface area contributed by atoms with E-state index in [0.717, 1.165) is 70.6 Å². The van der Waals surface area contributed by atoms with E-state index in [9.17, 15) is 4.79 Å². The highest BCUT2D eigenvalue weighted by atomic mass is 79.9. The van der Waals surface area contributed by atoms with Gasteiger partial charge in [0.1, 0.15) is 0 Å². The molecule has 0 saturated carbocycles. The van der Waals surface area contributed by atoms with E-state index >= 15 is 0 Å². The molecule has 6 nitrogen and oxygen atoms in total. The second kappa shape index (κ2) is 8.82. The van der Waals surface area contributed by atoms with Crippen LogP contribution in [-0.2, 0) is 6.42 Å². The number of amides is 2. The van der Waals surface area contributed by atoms with E-state index in [0.29, 0.717) is 6.54 Å². The third-order valence-corrected chi connectivity index (χ3v) is 6.62. The number of hydrogen-bond acceptors (Lipinski definition) is 3. The van der Waals surface area contributed by atoms with Crippen LogP contribution in [0.25, 0.3) is 16.6 Å². The van der Waals surface area contributed by atoms with Crippen molar-refractivity contribution in [2.24, 2.45) is 0 Å². The Morgan fingerprint density at radius 2 is 1.91 bits per heavy atom. The Hall–Kier alpha value is -3.06. The molecule has 1 fully saturated rings. The van der Waals surface area contributed by atoms with Crippen molar-refractivity contribution in [3.8, 4) is 0 Å². The van der Waals surface area contributed by atoms with Gasteiger partial charge >= 0.3 is 6.03 Å². The highest BCUT2D eigenvalue weighted by Gasteiger charge is 2.22. The van der Waals surface area contributed by atoms with Gasteiger partial charge in [0.05, 0.1) is 16.6 Å². The summed E-state index contributed by atoms with van der Waals surface area (Å²) in [5.74, 6) is 0.971. The molecule has 1 saturated heterocycles. The number of anilines is 2. The monoisotopic (exact) mass is 491 g/mol. The first kappa shape index (κ1) is 20.8. The van der Waals surface area contributed by atoms with E-state index in [1.54, 1.807) is 0 Å². The van der Waals surface area contributed by atoms with E-state index < -0.39 is 0 Å². The van der Waals surface area contributed by atoms with Crippen LogP contribution in [0.4, 0.5) is 16.3 Å². The standard InChI is InChI=1S/C25H26BrN5O/c1-2-18-7-3-4-8-20(18)28-25(32)30-13-6-12-29(15-16-30)24-23-9-5-14-31(23)22-11-10-19(26)17-21(22)27-24/h3-5,7-11,14,17H,2,6,12-13,15-16H2,1H3,(H,28,32). The number of rotatable bonds is 3. The fourth-order valence-electron chi connectivity index (χ4n) is 4.44. The van der Waals surface area contributed by atoms with Gasteiger partial charge in [-0.25, -0.2) is 9.78 Å². The van der Waals surface area contributed by atoms with Crippen molar-refractivity contribution in [3.63, 3.8) is 0 Å². The number of aromatic nitrogens is 2. The number of aryl methyl sites for hydroxylation is 1. The number of carbonyl (C=O) groups is 1. The van der Waals surface area contributed by atoms with Crippen molar-refractivity contribution < 1.29 is 4.79 Å². The lowest BCUT2D eigenvalue weighted by molar-refractivity contribution is 0.215. The number of para-hydroxylation sites is 1. The summed E-state index contributed by atoms with van der Waals surface area (Å²) in [6.45, 7) is 5.10. The van der Waals surface area contributed by atoms with Crippen molar-refractivity contribution >= 4 is 50.0 Å². The Morgan fingerprint density at radius 1 is 1.03 bits per heavy atom. The van der Waals surface area contributed by atoms with Gasteiger partial charge in [0.15, 0.2) is 5.82 Å². The van der Waals surface area contributed by atoms with Crippen LogP contribution in [0, 0.1) is 0 Å². The van der Waals surface area contributed by atoms with Crippen molar-refractivity contribution in [1.82, 2.24) is 14.3 Å². The van der Waals surface area contributed by atoms with E-state index in [4.69, 9.17) is 4.98 Å². The molecular formula is C25H26BrN5O. The fourth-order valence-corrected chi connectivity index (χ4v) is 4.79. The van der Waals surface area contributed by atoms with Crippen LogP contribution >= 0.6 is 15.9 Å². The number of carbonyl (C=O) groups excluding carboxylic acids is 1. The molecule has 1 aliphatic heterocycles. The van der Waals surface area contributed by atoms with Crippen LogP contribution in [-0.4, -0.2) is 46.5 Å². The molecule has 0 radical (unpaired) electrons. The molecule has 4 aromatic rings. The Labute approximate surface area is 196 Å². The zero-order chi connectivity index (χ0) is 22.1. The number of benzene rings is 2. The van der Waals surface area contributed by atoms with E-state index in [1.807, 2.05) is 29.2 Å². The number of nitrogens with zero attached hydrogens (tertiary/aromatic N) is 4. The summed E-state index contributed by atoms with van der Waals surface area (Å²) in [4.78, 5) is 22.2. The van der Waals surface area contributed by atoms with E-state index in [2.05, 4.69) is 74.0 Å². The molecule has 0 bridgehead atoms. The van der Waals surface area contributed by atoms with Gasteiger partial charge in [-0.3, -0.25) is 0 Å². The van der Waals surface area contributed by atoms with Gasteiger partial charge in [0.25, 0.3) is 0 Å². The minimum Gasteiger partial charge on any atom is -0.353 e. The van der Waals surface area contributed by atoms with Crippen molar-refractivity contribution in [2.45, 2.75) is 19.8 Å². The molecule has 2 aromatic heterocycles. The van der Waals surface area contributed by atoms with Gasteiger partial charge in [0.2, 0.25) is 0 Å². The number of nitrogens with one attached hydrogen (secondary N) is 1. The van der Waals surface area contributed by atoms with Gasteiger partial charge in [0, 0.05) is 42.5 Å². The van der Waals surface area contributed by atoms with Gasteiger partial charge in [-0.05, 0) is 54.8 Å². The zero-order valence-electron chi connectivity index (χ0n) is 18.1. The maximum Gasteiger partial charge on any atom is 0.321 e. The summed E-state index contributed by atoms with van der Waals surface area (Å²) in [6, 6.07) is 18.3. The predicted octanol–water partition coefficient (Wildman–Crippen LogP) is 5.56. The minimum absolute atomic E-state index is 0.0315. The smallest absolute Gasteiger partial charge is 0.321 e. The van der Waals surface area contributed by atoms with E-state index in [1.165, 1.54) is 0 Å². The zero-order valence-corrected chi connectivity index (χ0v) is 19.7. The summed E-state index contributed by atoms with van der Waals surface area (Å²) in [6.07, 6.45) is 3.87. The first-order chi connectivity index (χ1) is 15.6. The van der Waals surface area contributed by atoms with Gasteiger partial charge < -0.3 is 19.5 Å². The third-order valence-electron chi connectivity index (χ3n) is 6.12. The quantitative estimate of drug-likeness (QED) is 0.408. The molecule has 0 aliphatic carbocycles. The number of halogens is 1. The average molecular weight is 492 g/mol. The van der Waals surface area contributed by atoms with Crippen molar-refractivity contribution in [2.75, 3.05) is 36.4 Å². The number of hydrogen-bond donors (Lipinski definition) is 1. The number of urea groups is 1. The Morgan fingerprint density at radius 3 is 2.78 bits per heavy atom. The second-order valence-electron chi connectivity index (χ2n) is 8.10. The third kappa shape index (κ3) is 3.93. The second-order valence-corrected chi connectivity index (χ2v) is 9.02. The molecule has 0 spiro atoms. The molecule has 2 aromatic carbocycles. The molecule has 1 N–H and O–H groups in total. The highest BCUT2D eigenvalue weighted by Crippen LogP contribution is 2.28. The molecule has 1 aliphatic rings. The van der Waals surface area contributed by atoms with Crippen LogP contribution in [0.15, 0.2) is 65.3 Å². The maximum absolute atomic E-state index is 13.0. The summed E-state index contributed by atoms with van der Waals surface area (Å²) < 4.78 is 3.21. The van der Waals surface area contributed by atoms with Crippen LogP contribution in [0.3, 0.4) is 0 Å². The first-order valence-electron chi connectivity index (χ1n) is 11.1. The lowest BCUT2D eigenvalue weighted by Gasteiger charge is -2.24. The van der Waals surface area contributed by atoms with Crippen molar-refractivity contribution in [3.05, 3.63) is 70.8 Å². The molecule has 0 atom stereocenters. The SMILES string of the molecule is CCc1ccccc1NC(=O)N1CCCN(c2nc3cc(Br)ccc3n3cccc23)CC1. The van der Waals surface area contributed by atoms with Crippen LogP contribution in [0.5, 0.6) is 0 Å². The molecular weight excluding hydrogens is 466 g/mol.